The first kappa shape index (κ1) is 14.8. The SMILES string of the molecule is CC(C)(C)C(=O)N1CC[C@H](Oc2cccc3cccnc23)C1. The predicted octanol–water partition coefficient (Wildman–Crippen LogP) is 3.26. The van der Waals surface area contributed by atoms with E-state index in [2.05, 4.69) is 4.98 Å². The predicted molar refractivity (Wildman–Crippen MR) is 86.8 cm³/mol. The molecule has 0 bridgehead atoms. The minimum absolute atomic E-state index is 0.0407. The number of carbonyl (C=O) groups excluding carboxylic acids is 1. The molecule has 1 saturated heterocycles. The lowest BCUT2D eigenvalue weighted by molar-refractivity contribution is -0.138. The van der Waals surface area contributed by atoms with E-state index < -0.39 is 0 Å². The average molecular weight is 298 g/mol. The summed E-state index contributed by atoms with van der Waals surface area (Å²) in [7, 11) is 0. The van der Waals surface area contributed by atoms with Gasteiger partial charge in [0.05, 0.1) is 6.54 Å². The Labute approximate surface area is 131 Å². The number of hydrogen-bond donors (Lipinski definition) is 0. The molecule has 1 aromatic carbocycles. The highest BCUT2D eigenvalue weighted by molar-refractivity contribution is 5.84. The Morgan fingerprint density at radius 1 is 1.27 bits per heavy atom. The number of para-hydroxylation sites is 1. The molecular formula is C18H22N2O2. The molecule has 4 heteroatoms. The monoisotopic (exact) mass is 298 g/mol. The summed E-state index contributed by atoms with van der Waals surface area (Å²) in [5.41, 5.74) is 0.543. The fraction of sp³-hybridized carbons (Fsp3) is 0.444. The van der Waals surface area contributed by atoms with E-state index in [-0.39, 0.29) is 17.4 Å². The number of hydrogen-bond acceptors (Lipinski definition) is 3. The summed E-state index contributed by atoms with van der Waals surface area (Å²) in [4.78, 5) is 18.7. The number of benzene rings is 1. The van der Waals surface area contributed by atoms with Gasteiger partial charge in [-0.25, -0.2) is 0 Å². The molecule has 2 aromatic rings. The number of likely N-dealkylation sites (tertiary alicyclic amines) is 1. The maximum absolute atomic E-state index is 12.3. The number of fused-ring (bicyclic) bond motifs is 1. The van der Waals surface area contributed by atoms with Crippen LogP contribution in [-0.2, 0) is 4.79 Å². The summed E-state index contributed by atoms with van der Waals surface area (Å²) in [6.07, 6.45) is 2.68. The summed E-state index contributed by atoms with van der Waals surface area (Å²) in [6, 6.07) is 9.90. The van der Waals surface area contributed by atoms with Gasteiger partial charge in [-0.1, -0.05) is 39.0 Å². The lowest BCUT2D eigenvalue weighted by atomic mass is 9.95. The van der Waals surface area contributed by atoms with Crippen molar-refractivity contribution in [2.45, 2.75) is 33.3 Å². The third kappa shape index (κ3) is 2.91. The largest absolute Gasteiger partial charge is 0.486 e. The molecule has 22 heavy (non-hydrogen) atoms. The smallest absolute Gasteiger partial charge is 0.228 e. The van der Waals surface area contributed by atoms with Crippen LogP contribution in [0, 0.1) is 5.41 Å². The van der Waals surface area contributed by atoms with Crippen LogP contribution in [0.25, 0.3) is 10.9 Å². The highest BCUT2D eigenvalue weighted by atomic mass is 16.5. The summed E-state index contributed by atoms with van der Waals surface area (Å²) < 4.78 is 6.13. The molecule has 0 saturated carbocycles. The van der Waals surface area contributed by atoms with Crippen molar-refractivity contribution in [2.24, 2.45) is 5.41 Å². The van der Waals surface area contributed by atoms with Crippen molar-refractivity contribution in [2.75, 3.05) is 13.1 Å². The highest BCUT2D eigenvalue weighted by Gasteiger charge is 2.33. The van der Waals surface area contributed by atoms with Gasteiger partial charge in [0.25, 0.3) is 0 Å². The fourth-order valence-corrected chi connectivity index (χ4v) is 2.83. The number of rotatable bonds is 2. The quantitative estimate of drug-likeness (QED) is 0.854. The summed E-state index contributed by atoms with van der Waals surface area (Å²) in [6.45, 7) is 7.28. The molecule has 3 rings (SSSR count). The highest BCUT2D eigenvalue weighted by Crippen LogP contribution is 2.27. The minimum Gasteiger partial charge on any atom is -0.486 e. The number of amides is 1. The summed E-state index contributed by atoms with van der Waals surface area (Å²) in [5.74, 6) is 0.989. The van der Waals surface area contributed by atoms with Crippen LogP contribution in [0.5, 0.6) is 5.75 Å². The molecule has 1 aromatic heterocycles. The van der Waals surface area contributed by atoms with E-state index in [1.807, 2.05) is 56.0 Å². The van der Waals surface area contributed by atoms with Crippen molar-refractivity contribution in [3.63, 3.8) is 0 Å². The summed E-state index contributed by atoms with van der Waals surface area (Å²) in [5, 5.41) is 1.07. The van der Waals surface area contributed by atoms with Crippen molar-refractivity contribution < 1.29 is 9.53 Å². The van der Waals surface area contributed by atoms with E-state index >= 15 is 0 Å². The van der Waals surface area contributed by atoms with Crippen LogP contribution >= 0.6 is 0 Å². The van der Waals surface area contributed by atoms with Gasteiger partial charge in [0.2, 0.25) is 5.91 Å². The van der Waals surface area contributed by atoms with E-state index in [9.17, 15) is 4.79 Å². The standard InChI is InChI=1S/C18H22N2O2/c1-18(2,3)17(21)20-11-9-14(12-20)22-15-8-4-6-13-7-5-10-19-16(13)15/h4-8,10,14H,9,11-12H2,1-3H3/t14-/m0/s1. The third-order valence-electron chi connectivity index (χ3n) is 3.96. The molecule has 1 aliphatic heterocycles. The van der Waals surface area contributed by atoms with Gasteiger partial charge >= 0.3 is 0 Å². The van der Waals surface area contributed by atoms with Crippen LogP contribution < -0.4 is 4.74 Å². The molecule has 0 N–H and O–H groups in total. The molecule has 0 spiro atoms. The molecule has 1 fully saturated rings. The maximum Gasteiger partial charge on any atom is 0.228 e. The fourth-order valence-electron chi connectivity index (χ4n) is 2.83. The topological polar surface area (TPSA) is 42.4 Å². The zero-order valence-corrected chi connectivity index (χ0v) is 13.4. The van der Waals surface area contributed by atoms with E-state index in [0.29, 0.717) is 6.54 Å². The number of carbonyl (C=O) groups is 1. The normalized spacial score (nSPS) is 18.7. The van der Waals surface area contributed by atoms with E-state index in [4.69, 9.17) is 4.74 Å². The lowest BCUT2D eigenvalue weighted by Gasteiger charge is -2.25. The molecule has 0 radical (unpaired) electrons. The second-order valence-electron chi connectivity index (χ2n) is 6.86. The second kappa shape index (κ2) is 5.59. The Bertz CT molecular complexity index is 686. The van der Waals surface area contributed by atoms with Gasteiger partial charge in [-0.3, -0.25) is 9.78 Å². The van der Waals surface area contributed by atoms with Gasteiger partial charge in [-0.05, 0) is 12.1 Å². The molecule has 116 valence electrons. The van der Waals surface area contributed by atoms with E-state index in [1.165, 1.54) is 0 Å². The number of pyridine rings is 1. The van der Waals surface area contributed by atoms with Crippen molar-refractivity contribution in [1.29, 1.82) is 0 Å². The number of nitrogens with zero attached hydrogens (tertiary/aromatic N) is 2. The molecule has 2 heterocycles. The van der Waals surface area contributed by atoms with Gasteiger partial charge < -0.3 is 9.64 Å². The first-order chi connectivity index (χ1) is 10.4. The Balaban J connectivity index is 1.73. The lowest BCUT2D eigenvalue weighted by Crippen LogP contribution is -2.38. The Morgan fingerprint density at radius 2 is 2.05 bits per heavy atom. The van der Waals surface area contributed by atoms with E-state index in [0.717, 1.165) is 29.6 Å². The maximum atomic E-state index is 12.3. The van der Waals surface area contributed by atoms with Gasteiger partial charge in [-0.15, -0.1) is 0 Å². The van der Waals surface area contributed by atoms with Crippen molar-refractivity contribution in [1.82, 2.24) is 9.88 Å². The zero-order chi connectivity index (χ0) is 15.7. The van der Waals surface area contributed by atoms with Gasteiger partial charge in [-0.2, -0.15) is 0 Å². The molecule has 4 nitrogen and oxygen atoms in total. The van der Waals surface area contributed by atoms with Crippen LogP contribution in [0.3, 0.4) is 0 Å². The molecule has 1 atom stereocenters. The van der Waals surface area contributed by atoms with Crippen LogP contribution in [0.2, 0.25) is 0 Å². The Hall–Kier alpha value is -2.10. The van der Waals surface area contributed by atoms with E-state index in [1.54, 1.807) is 6.20 Å². The number of aromatic nitrogens is 1. The summed E-state index contributed by atoms with van der Waals surface area (Å²) >= 11 is 0. The second-order valence-corrected chi connectivity index (χ2v) is 6.86. The van der Waals surface area contributed by atoms with Crippen molar-refractivity contribution >= 4 is 16.8 Å². The number of ether oxygens (including phenoxy) is 1. The zero-order valence-electron chi connectivity index (χ0n) is 13.4. The molecule has 1 amide bonds. The van der Waals surface area contributed by atoms with Crippen LogP contribution in [0.1, 0.15) is 27.2 Å². The van der Waals surface area contributed by atoms with Crippen LogP contribution in [0.4, 0.5) is 0 Å². The molecule has 0 aliphatic carbocycles. The Morgan fingerprint density at radius 3 is 2.82 bits per heavy atom. The van der Waals surface area contributed by atoms with Crippen molar-refractivity contribution in [3.05, 3.63) is 36.5 Å². The first-order valence-electron chi connectivity index (χ1n) is 7.75. The first-order valence-corrected chi connectivity index (χ1v) is 7.75. The molecule has 1 aliphatic rings. The van der Waals surface area contributed by atoms with Crippen molar-refractivity contribution in [3.8, 4) is 5.75 Å². The van der Waals surface area contributed by atoms with Gasteiger partial charge in [0, 0.05) is 30.0 Å². The van der Waals surface area contributed by atoms with Crippen LogP contribution in [0.15, 0.2) is 36.5 Å². The third-order valence-corrected chi connectivity index (χ3v) is 3.96. The Kier molecular flexibility index (Phi) is 3.77. The van der Waals surface area contributed by atoms with Gasteiger partial charge in [0.1, 0.15) is 17.4 Å². The average Bonchev–Trinajstić information content (AvgIpc) is 2.94. The molecule has 0 unspecified atom stereocenters. The van der Waals surface area contributed by atoms with Crippen LogP contribution in [-0.4, -0.2) is 35.0 Å². The minimum atomic E-state index is -0.337. The van der Waals surface area contributed by atoms with Gasteiger partial charge in [0.15, 0.2) is 0 Å². The molecular weight excluding hydrogens is 276 g/mol.